The lowest BCUT2D eigenvalue weighted by atomic mass is 9.97. The van der Waals surface area contributed by atoms with Crippen LogP contribution in [0, 0.1) is 0 Å². The van der Waals surface area contributed by atoms with Gasteiger partial charge in [0.05, 0.1) is 16.7 Å². The zero-order valence-corrected chi connectivity index (χ0v) is 34.3. The van der Waals surface area contributed by atoms with Crippen molar-refractivity contribution in [1.82, 2.24) is 19.5 Å². The van der Waals surface area contributed by atoms with Crippen LogP contribution in [0.1, 0.15) is 0 Å². The van der Waals surface area contributed by atoms with Gasteiger partial charge in [-0.2, -0.15) is 0 Å². The van der Waals surface area contributed by atoms with Gasteiger partial charge in [0.15, 0.2) is 17.5 Å². The lowest BCUT2D eigenvalue weighted by molar-refractivity contribution is 1.06. The molecule has 0 aliphatic rings. The minimum absolute atomic E-state index is 0.609. The van der Waals surface area contributed by atoms with Crippen LogP contribution in [-0.2, 0) is 0 Å². The minimum Gasteiger partial charge on any atom is -0.308 e. The molecule has 0 saturated heterocycles. The lowest BCUT2D eigenvalue weighted by Gasteiger charge is -2.19. The molecule has 0 aliphatic heterocycles. The van der Waals surface area contributed by atoms with Crippen molar-refractivity contribution in [3.63, 3.8) is 0 Å². The Hall–Kier alpha value is -7.99. The molecule has 0 spiro atoms. The Bertz CT molecular complexity index is 3560. The third-order valence-corrected chi connectivity index (χ3v) is 13.1. The van der Waals surface area contributed by atoms with E-state index in [4.69, 9.17) is 15.0 Å². The van der Waals surface area contributed by atoms with E-state index < -0.39 is 0 Å². The predicted octanol–water partition coefficient (Wildman–Crippen LogP) is 15.3. The van der Waals surface area contributed by atoms with Crippen molar-refractivity contribution in [2.45, 2.75) is 0 Å². The van der Waals surface area contributed by atoms with Gasteiger partial charge in [0.25, 0.3) is 0 Å². The number of aromatic nitrogens is 4. The molecule has 0 radical (unpaired) electrons. The van der Waals surface area contributed by atoms with Gasteiger partial charge < -0.3 is 4.57 Å². The summed E-state index contributed by atoms with van der Waals surface area (Å²) in [5.74, 6) is 1.86. The first-order valence-electron chi connectivity index (χ1n) is 20.9. The van der Waals surface area contributed by atoms with Crippen molar-refractivity contribution in [1.29, 1.82) is 0 Å². The SMILES string of the molecule is c1ccc(-c2nc(-c3ccccc3)nc(-c3cccc(-c4ccccc4)c3-n3c4ccccc4c4c(-c5ccc6sc7c(-c8ccccc8)cccc7c6c5)cccc43)n2)cc1. The maximum absolute atomic E-state index is 5.27. The largest absolute Gasteiger partial charge is 0.308 e. The third-order valence-electron chi connectivity index (χ3n) is 11.9. The molecule has 0 amide bonds. The molecule has 0 atom stereocenters. The van der Waals surface area contributed by atoms with Crippen LogP contribution in [0.4, 0.5) is 0 Å². The Kier molecular flexibility index (Phi) is 8.65. The van der Waals surface area contributed by atoms with Crippen molar-refractivity contribution < 1.29 is 0 Å². The van der Waals surface area contributed by atoms with Gasteiger partial charge in [0.1, 0.15) is 0 Å². The van der Waals surface area contributed by atoms with Crippen molar-refractivity contribution >= 4 is 53.3 Å². The van der Waals surface area contributed by atoms with Gasteiger partial charge in [0, 0.05) is 53.2 Å². The van der Waals surface area contributed by atoms with Gasteiger partial charge in [0.2, 0.25) is 0 Å². The average Bonchev–Trinajstić information content (AvgIpc) is 3.90. The third kappa shape index (κ3) is 6.01. The fourth-order valence-electron chi connectivity index (χ4n) is 9.06. The Morgan fingerprint density at radius 2 is 0.823 bits per heavy atom. The maximum atomic E-state index is 5.27. The van der Waals surface area contributed by atoms with E-state index in [2.05, 4.69) is 187 Å². The Labute approximate surface area is 362 Å². The van der Waals surface area contributed by atoms with E-state index in [0.29, 0.717) is 17.5 Å². The van der Waals surface area contributed by atoms with E-state index in [1.54, 1.807) is 0 Å². The van der Waals surface area contributed by atoms with E-state index in [-0.39, 0.29) is 0 Å². The fourth-order valence-corrected chi connectivity index (χ4v) is 10.3. The predicted molar refractivity (Wildman–Crippen MR) is 260 cm³/mol. The molecule has 0 N–H and O–H groups in total. The zero-order chi connectivity index (χ0) is 41.0. The number of hydrogen-bond donors (Lipinski definition) is 0. The van der Waals surface area contributed by atoms with Crippen LogP contribution >= 0.6 is 11.3 Å². The molecule has 3 aromatic heterocycles. The molecular weight excluding hydrogens is 773 g/mol. The smallest absolute Gasteiger partial charge is 0.166 e. The number of para-hydroxylation sites is 2. The molecule has 0 saturated carbocycles. The summed E-state index contributed by atoms with van der Waals surface area (Å²) in [7, 11) is 0. The second-order valence-electron chi connectivity index (χ2n) is 15.5. The number of thiophene rings is 1. The molecule has 0 unspecified atom stereocenters. The Morgan fingerprint density at radius 1 is 0.323 bits per heavy atom. The molecular formula is C57H36N4S. The quantitative estimate of drug-likeness (QED) is 0.161. The lowest BCUT2D eigenvalue weighted by Crippen LogP contribution is -2.05. The van der Waals surface area contributed by atoms with E-state index in [1.165, 1.54) is 53.2 Å². The molecule has 12 rings (SSSR count). The zero-order valence-electron chi connectivity index (χ0n) is 33.5. The van der Waals surface area contributed by atoms with Gasteiger partial charge in [-0.15, -0.1) is 11.3 Å². The first kappa shape index (κ1) is 35.9. The molecule has 9 aromatic carbocycles. The molecule has 0 fully saturated rings. The van der Waals surface area contributed by atoms with E-state index in [0.717, 1.165) is 44.5 Å². The standard InChI is InChI=1S/C57H36N4S/c1-5-18-37(19-6-1)43-28-15-31-47(57-59-55(39-22-9-3-10-23-39)58-56(60-57)40-24-11-4-12-25-40)53(43)61-49-32-14-13-26-46(49)52-42(27-17-33-50(52)61)41-34-35-51-48(36-41)45-30-16-29-44(54(45)62-51)38-20-7-2-8-21-38/h1-36H. The van der Waals surface area contributed by atoms with E-state index >= 15 is 0 Å². The number of hydrogen-bond acceptors (Lipinski definition) is 4. The maximum Gasteiger partial charge on any atom is 0.166 e. The monoisotopic (exact) mass is 808 g/mol. The first-order valence-corrected chi connectivity index (χ1v) is 21.7. The molecule has 3 heterocycles. The Balaban J connectivity index is 1.12. The molecule has 290 valence electrons. The van der Waals surface area contributed by atoms with Crippen molar-refractivity contribution in [3.05, 3.63) is 218 Å². The number of rotatable bonds is 7. The van der Waals surface area contributed by atoms with Crippen LogP contribution in [0.2, 0.25) is 0 Å². The molecule has 12 aromatic rings. The highest BCUT2D eigenvalue weighted by atomic mass is 32.1. The highest BCUT2D eigenvalue weighted by molar-refractivity contribution is 7.26. The molecule has 0 aliphatic carbocycles. The minimum atomic E-state index is 0.609. The van der Waals surface area contributed by atoms with Crippen molar-refractivity contribution in [2.24, 2.45) is 0 Å². The first-order chi connectivity index (χ1) is 30.8. The Morgan fingerprint density at radius 3 is 1.52 bits per heavy atom. The van der Waals surface area contributed by atoms with Gasteiger partial charge in [-0.25, -0.2) is 15.0 Å². The molecule has 62 heavy (non-hydrogen) atoms. The molecule has 0 bridgehead atoms. The van der Waals surface area contributed by atoms with Gasteiger partial charge in [-0.1, -0.05) is 188 Å². The summed E-state index contributed by atoms with van der Waals surface area (Å²) in [6.07, 6.45) is 0. The van der Waals surface area contributed by atoms with Crippen LogP contribution in [0.15, 0.2) is 218 Å². The summed E-state index contributed by atoms with van der Waals surface area (Å²) in [5.41, 5.74) is 13.1. The van der Waals surface area contributed by atoms with Crippen LogP contribution in [-0.4, -0.2) is 19.5 Å². The summed E-state index contributed by atoms with van der Waals surface area (Å²) in [5, 5.41) is 4.94. The summed E-state index contributed by atoms with van der Waals surface area (Å²) >= 11 is 1.87. The summed E-state index contributed by atoms with van der Waals surface area (Å²) in [6, 6.07) is 77.5. The van der Waals surface area contributed by atoms with Crippen LogP contribution < -0.4 is 0 Å². The van der Waals surface area contributed by atoms with Gasteiger partial charge in [-0.3, -0.25) is 0 Å². The van der Waals surface area contributed by atoms with E-state index in [9.17, 15) is 0 Å². The topological polar surface area (TPSA) is 43.6 Å². The van der Waals surface area contributed by atoms with Crippen LogP contribution in [0.5, 0.6) is 0 Å². The average molecular weight is 809 g/mol. The highest BCUT2D eigenvalue weighted by Crippen LogP contribution is 2.46. The second kappa shape index (κ2) is 14.9. The highest BCUT2D eigenvalue weighted by Gasteiger charge is 2.24. The molecule has 4 nitrogen and oxygen atoms in total. The summed E-state index contributed by atoms with van der Waals surface area (Å²) in [4.78, 5) is 15.6. The second-order valence-corrected chi connectivity index (χ2v) is 16.6. The van der Waals surface area contributed by atoms with Crippen LogP contribution in [0.3, 0.4) is 0 Å². The fraction of sp³-hybridized carbons (Fsp3) is 0. The number of nitrogens with zero attached hydrogens (tertiary/aromatic N) is 4. The van der Waals surface area contributed by atoms with Crippen molar-refractivity contribution in [2.75, 3.05) is 0 Å². The van der Waals surface area contributed by atoms with Crippen molar-refractivity contribution in [3.8, 4) is 73.2 Å². The van der Waals surface area contributed by atoms with Gasteiger partial charge in [-0.05, 0) is 58.1 Å². The van der Waals surface area contributed by atoms with Crippen LogP contribution in [0.25, 0.3) is 115 Å². The number of fused-ring (bicyclic) bond motifs is 6. The van der Waals surface area contributed by atoms with E-state index in [1.807, 2.05) is 47.7 Å². The van der Waals surface area contributed by atoms with Gasteiger partial charge >= 0.3 is 0 Å². The summed E-state index contributed by atoms with van der Waals surface area (Å²) < 4.78 is 5.03. The summed E-state index contributed by atoms with van der Waals surface area (Å²) in [6.45, 7) is 0. The normalized spacial score (nSPS) is 11.5. The molecule has 5 heteroatoms. The number of benzene rings is 9.